The Kier molecular flexibility index (Phi) is 5.45. The standard InChI is InChI=1S/C19H21ClN2O/c1-12-10-13(2)15(4)17(14(12)3)11-18(20)22-19(23)21-16-8-6-5-7-9-16/h5-11H,1-4H3,(H2,21,22,23)/b18-11+. The Hall–Kier alpha value is -2.26. The van der Waals surface area contributed by atoms with Crippen molar-refractivity contribution in [2.45, 2.75) is 27.7 Å². The molecule has 0 unspecified atom stereocenters. The maximum absolute atomic E-state index is 12.0. The lowest BCUT2D eigenvalue weighted by molar-refractivity contribution is 0.255. The average molecular weight is 329 g/mol. The number of benzene rings is 2. The second-order valence-corrected chi connectivity index (χ2v) is 6.02. The van der Waals surface area contributed by atoms with E-state index in [0.717, 1.165) is 16.7 Å². The molecule has 0 aliphatic carbocycles. The van der Waals surface area contributed by atoms with Gasteiger partial charge in [0.05, 0.1) is 0 Å². The molecule has 0 spiro atoms. The van der Waals surface area contributed by atoms with Gasteiger partial charge in [0.25, 0.3) is 0 Å². The number of aryl methyl sites for hydroxylation is 2. The quantitative estimate of drug-likeness (QED) is 0.739. The van der Waals surface area contributed by atoms with Crippen LogP contribution in [0.4, 0.5) is 10.5 Å². The molecule has 0 atom stereocenters. The number of amides is 2. The number of carbonyl (C=O) groups is 1. The van der Waals surface area contributed by atoms with Crippen LogP contribution in [-0.2, 0) is 0 Å². The molecule has 0 heterocycles. The third-order valence-electron chi connectivity index (χ3n) is 3.96. The van der Waals surface area contributed by atoms with Gasteiger partial charge in [-0.25, -0.2) is 4.79 Å². The zero-order valence-corrected chi connectivity index (χ0v) is 14.6. The Balaban J connectivity index is 2.16. The van der Waals surface area contributed by atoms with Crippen LogP contribution in [-0.4, -0.2) is 6.03 Å². The monoisotopic (exact) mass is 328 g/mol. The van der Waals surface area contributed by atoms with Crippen LogP contribution in [0.2, 0.25) is 0 Å². The van der Waals surface area contributed by atoms with Gasteiger partial charge in [-0.1, -0.05) is 35.9 Å². The van der Waals surface area contributed by atoms with E-state index in [-0.39, 0.29) is 11.2 Å². The van der Waals surface area contributed by atoms with Gasteiger partial charge in [0, 0.05) is 5.69 Å². The molecule has 0 radical (unpaired) electrons. The number of halogens is 1. The molecule has 120 valence electrons. The van der Waals surface area contributed by atoms with E-state index >= 15 is 0 Å². The average Bonchev–Trinajstić information content (AvgIpc) is 2.50. The lowest BCUT2D eigenvalue weighted by atomic mass is 9.94. The summed E-state index contributed by atoms with van der Waals surface area (Å²) in [6.45, 7) is 8.26. The highest BCUT2D eigenvalue weighted by atomic mass is 35.5. The number of para-hydroxylation sites is 1. The zero-order chi connectivity index (χ0) is 17.0. The molecule has 0 aliphatic rings. The summed E-state index contributed by atoms with van der Waals surface area (Å²) in [4.78, 5) is 12.0. The topological polar surface area (TPSA) is 41.1 Å². The van der Waals surface area contributed by atoms with E-state index < -0.39 is 0 Å². The largest absolute Gasteiger partial charge is 0.324 e. The van der Waals surface area contributed by atoms with Gasteiger partial charge in [-0.2, -0.15) is 0 Å². The number of carbonyl (C=O) groups excluding carboxylic acids is 1. The first-order valence-electron chi connectivity index (χ1n) is 7.46. The Morgan fingerprint density at radius 3 is 2.13 bits per heavy atom. The molecular formula is C19H21ClN2O. The van der Waals surface area contributed by atoms with Crippen molar-refractivity contribution in [3.63, 3.8) is 0 Å². The third-order valence-corrected chi connectivity index (χ3v) is 4.16. The molecule has 2 amide bonds. The van der Waals surface area contributed by atoms with E-state index in [1.165, 1.54) is 11.1 Å². The predicted octanol–water partition coefficient (Wildman–Crippen LogP) is 5.28. The summed E-state index contributed by atoms with van der Waals surface area (Å²) in [6, 6.07) is 11.0. The first-order valence-corrected chi connectivity index (χ1v) is 7.84. The molecule has 23 heavy (non-hydrogen) atoms. The fraction of sp³-hybridized carbons (Fsp3) is 0.211. The summed E-state index contributed by atoms with van der Waals surface area (Å²) in [5.41, 5.74) is 6.50. The van der Waals surface area contributed by atoms with Crippen LogP contribution in [0.15, 0.2) is 41.6 Å². The number of rotatable bonds is 3. The minimum Gasteiger partial charge on any atom is -0.308 e. The number of nitrogens with one attached hydrogen (secondary N) is 2. The number of hydrogen-bond acceptors (Lipinski definition) is 1. The number of hydrogen-bond donors (Lipinski definition) is 2. The summed E-state index contributed by atoms with van der Waals surface area (Å²) in [7, 11) is 0. The lowest BCUT2D eigenvalue weighted by Crippen LogP contribution is -2.26. The molecule has 2 aromatic carbocycles. The van der Waals surface area contributed by atoms with Crippen molar-refractivity contribution in [3.8, 4) is 0 Å². The van der Waals surface area contributed by atoms with Gasteiger partial charge in [-0.05, 0) is 73.7 Å². The highest BCUT2D eigenvalue weighted by molar-refractivity contribution is 6.32. The molecule has 0 bridgehead atoms. The van der Waals surface area contributed by atoms with Crippen LogP contribution < -0.4 is 10.6 Å². The fourth-order valence-electron chi connectivity index (χ4n) is 2.42. The summed E-state index contributed by atoms with van der Waals surface area (Å²) < 4.78 is 0. The Labute approximate surface area is 142 Å². The van der Waals surface area contributed by atoms with Gasteiger partial charge in [0.2, 0.25) is 0 Å². The number of urea groups is 1. The SMILES string of the molecule is Cc1cc(C)c(C)c(/C=C(\Cl)NC(=O)Nc2ccccc2)c1C. The molecule has 3 nitrogen and oxygen atoms in total. The van der Waals surface area contributed by atoms with Gasteiger partial charge < -0.3 is 5.32 Å². The van der Waals surface area contributed by atoms with E-state index in [9.17, 15) is 4.79 Å². The third kappa shape index (κ3) is 4.36. The Bertz CT molecular complexity index is 725. The molecule has 2 N–H and O–H groups in total. The van der Waals surface area contributed by atoms with Gasteiger partial charge >= 0.3 is 6.03 Å². The molecule has 0 saturated heterocycles. The molecular weight excluding hydrogens is 308 g/mol. The van der Waals surface area contributed by atoms with Crippen LogP contribution >= 0.6 is 11.6 Å². The smallest absolute Gasteiger partial charge is 0.308 e. The molecule has 0 aromatic heterocycles. The van der Waals surface area contributed by atoms with E-state index in [1.54, 1.807) is 6.08 Å². The predicted molar refractivity (Wildman–Crippen MR) is 97.8 cm³/mol. The fourth-order valence-corrected chi connectivity index (χ4v) is 2.61. The lowest BCUT2D eigenvalue weighted by Gasteiger charge is -2.13. The molecule has 2 rings (SSSR count). The van der Waals surface area contributed by atoms with Crippen molar-refractivity contribution < 1.29 is 4.79 Å². The highest BCUT2D eigenvalue weighted by Gasteiger charge is 2.09. The Morgan fingerprint density at radius 2 is 1.57 bits per heavy atom. The zero-order valence-electron chi connectivity index (χ0n) is 13.8. The number of anilines is 1. The maximum Gasteiger partial charge on any atom is 0.324 e. The highest BCUT2D eigenvalue weighted by Crippen LogP contribution is 2.24. The van der Waals surface area contributed by atoms with Gasteiger partial charge in [0.15, 0.2) is 0 Å². The van der Waals surface area contributed by atoms with E-state index in [2.05, 4.69) is 44.4 Å². The normalized spacial score (nSPS) is 11.3. The van der Waals surface area contributed by atoms with Crippen molar-refractivity contribution in [2.75, 3.05) is 5.32 Å². The van der Waals surface area contributed by atoms with Crippen molar-refractivity contribution in [1.82, 2.24) is 5.32 Å². The van der Waals surface area contributed by atoms with Crippen molar-refractivity contribution in [2.24, 2.45) is 0 Å². The van der Waals surface area contributed by atoms with E-state index in [1.807, 2.05) is 30.3 Å². The van der Waals surface area contributed by atoms with Crippen molar-refractivity contribution >= 4 is 29.4 Å². The first-order chi connectivity index (χ1) is 10.9. The molecule has 2 aromatic rings. The van der Waals surface area contributed by atoms with Gasteiger partial charge in [-0.15, -0.1) is 0 Å². The molecule has 0 fully saturated rings. The second kappa shape index (κ2) is 7.34. The van der Waals surface area contributed by atoms with Crippen LogP contribution in [0.3, 0.4) is 0 Å². The maximum atomic E-state index is 12.0. The second-order valence-electron chi connectivity index (χ2n) is 5.61. The van der Waals surface area contributed by atoms with Crippen LogP contribution in [0.1, 0.15) is 27.8 Å². The summed E-state index contributed by atoms with van der Waals surface area (Å²) in [6.07, 6.45) is 1.80. The minimum atomic E-state index is -0.364. The van der Waals surface area contributed by atoms with Crippen LogP contribution in [0.5, 0.6) is 0 Å². The van der Waals surface area contributed by atoms with Gasteiger partial charge in [0.1, 0.15) is 5.16 Å². The summed E-state index contributed by atoms with van der Waals surface area (Å²) >= 11 is 6.21. The minimum absolute atomic E-state index is 0.287. The van der Waals surface area contributed by atoms with Gasteiger partial charge in [-0.3, -0.25) is 5.32 Å². The summed E-state index contributed by atoms with van der Waals surface area (Å²) in [5.74, 6) is 0. The van der Waals surface area contributed by atoms with E-state index in [4.69, 9.17) is 11.6 Å². The van der Waals surface area contributed by atoms with Crippen molar-refractivity contribution in [3.05, 3.63) is 69.4 Å². The molecule has 0 saturated carbocycles. The Morgan fingerprint density at radius 1 is 1.00 bits per heavy atom. The summed E-state index contributed by atoms with van der Waals surface area (Å²) in [5, 5.41) is 5.67. The van der Waals surface area contributed by atoms with E-state index in [0.29, 0.717) is 5.69 Å². The van der Waals surface area contributed by atoms with Crippen LogP contribution in [0, 0.1) is 27.7 Å². The first kappa shape index (κ1) is 17.1. The van der Waals surface area contributed by atoms with Crippen molar-refractivity contribution in [1.29, 1.82) is 0 Å². The van der Waals surface area contributed by atoms with Crippen LogP contribution in [0.25, 0.3) is 6.08 Å². The molecule has 0 aliphatic heterocycles. The molecule has 4 heteroatoms.